The Bertz CT molecular complexity index is 535. The molecule has 0 spiro atoms. The van der Waals surface area contributed by atoms with Crippen LogP contribution in [0.1, 0.15) is 29.4 Å². The summed E-state index contributed by atoms with van der Waals surface area (Å²) in [6.45, 7) is 2.57. The highest BCUT2D eigenvalue weighted by Gasteiger charge is 2.14. The summed E-state index contributed by atoms with van der Waals surface area (Å²) in [5.41, 5.74) is 7.89. The summed E-state index contributed by atoms with van der Waals surface area (Å²) in [5.74, 6) is 0.661. The highest BCUT2D eigenvalue weighted by molar-refractivity contribution is 5.82. The van der Waals surface area contributed by atoms with Crippen LogP contribution in [0.15, 0.2) is 30.6 Å². The molecule has 0 saturated heterocycles. The average molecular weight is 273 g/mol. The fourth-order valence-electron chi connectivity index (χ4n) is 1.85. The number of aryl methyl sites for hydroxylation is 2. The van der Waals surface area contributed by atoms with Gasteiger partial charge in [0.1, 0.15) is 18.2 Å². The molecule has 0 aliphatic carbocycles. The van der Waals surface area contributed by atoms with E-state index in [1.807, 2.05) is 31.2 Å². The van der Waals surface area contributed by atoms with Crippen LogP contribution < -0.4 is 11.1 Å². The number of rotatable bonds is 6. The van der Waals surface area contributed by atoms with Gasteiger partial charge in [-0.05, 0) is 18.9 Å². The standard InChI is InChI=1S/C14H19N5O/c1-10-4-6-11(7-5-10)13(15)14(20)16-8-2-3-12-17-9-18-19-12/h4-7,9,13H,2-3,8,15H2,1H3,(H,16,20)(H,17,18,19). The second-order valence-electron chi connectivity index (χ2n) is 4.72. The zero-order valence-electron chi connectivity index (χ0n) is 11.5. The van der Waals surface area contributed by atoms with Crippen LogP contribution in [0.3, 0.4) is 0 Å². The summed E-state index contributed by atoms with van der Waals surface area (Å²) >= 11 is 0. The Morgan fingerprint density at radius 2 is 2.15 bits per heavy atom. The van der Waals surface area contributed by atoms with Gasteiger partial charge in [-0.15, -0.1) is 0 Å². The SMILES string of the molecule is Cc1ccc(C(N)C(=O)NCCCc2ncn[nH]2)cc1. The van der Waals surface area contributed by atoms with Crippen LogP contribution in [0.5, 0.6) is 0 Å². The number of aromatic nitrogens is 3. The lowest BCUT2D eigenvalue weighted by Crippen LogP contribution is -2.34. The molecule has 4 N–H and O–H groups in total. The van der Waals surface area contributed by atoms with Gasteiger partial charge in [0.15, 0.2) is 0 Å². The average Bonchev–Trinajstić information content (AvgIpc) is 2.96. The minimum atomic E-state index is -0.624. The summed E-state index contributed by atoms with van der Waals surface area (Å²) in [6, 6.07) is 7.04. The van der Waals surface area contributed by atoms with Gasteiger partial charge in [-0.3, -0.25) is 9.89 Å². The maximum absolute atomic E-state index is 11.9. The molecule has 1 heterocycles. The predicted molar refractivity (Wildman–Crippen MR) is 75.8 cm³/mol. The van der Waals surface area contributed by atoms with Crippen molar-refractivity contribution in [2.24, 2.45) is 5.73 Å². The van der Waals surface area contributed by atoms with Crippen LogP contribution in [-0.2, 0) is 11.2 Å². The van der Waals surface area contributed by atoms with Gasteiger partial charge in [-0.2, -0.15) is 5.10 Å². The highest BCUT2D eigenvalue weighted by Crippen LogP contribution is 2.11. The monoisotopic (exact) mass is 273 g/mol. The van der Waals surface area contributed by atoms with Crippen molar-refractivity contribution < 1.29 is 4.79 Å². The number of hydrogen-bond donors (Lipinski definition) is 3. The molecule has 20 heavy (non-hydrogen) atoms. The molecular weight excluding hydrogens is 254 g/mol. The zero-order chi connectivity index (χ0) is 14.4. The van der Waals surface area contributed by atoms with Crippen molar-refractivity contribution in [1.29, 1.82) is 0 Å². The van der Waals surface area contributed by atoms with E-state index in [2.05, 4.69) is 20.5 Å². The first-order valence-electron chi connectivity index (χ1n) is 6.61. The molecule has 1 amide bonds. The Morgan fingerprint density at radius 1 is 1.40 bits per heavy atom. The fraction of sp³-hybridized carbons (Fsp3) is 0.357. The number of carbonyl (C=O) groups excluding carboxylic acids is 1. The first-order valence-corrected chi connectivity index (χ1v) is 6.61. The van der Waals surface area contributed by atoms with Crippen molar-refractivity contribution in [3.05, 3.63) is 47.5 Å². The Balaban J connectivity index is 1.75. The molecule has 0 aliphatic rings. The molecule has 1 unspecified atom stereocenters. The molecule has 2 aromatic rings. The van der Waals surface area contributed by atoms with E-state index in [1.54, 1.807) is 0 Å². The maximum Gasteiger partial charge on any atom is 0.241 e. The molecule has 1 atom stereocenters. The van der Waals surface area contributed by atoms with E-state index in [1.165, 1.54) is 6.33 Å². The lowest BCUT2D eigenvalue weighted by atomic mass is 10.1. The zero-order valence-corrected chi connectivity index (χ0v) is 11.5. The molecule has 106 valence electrons. The van der Waals surface area contributed by atoms with Crippen LogP contribution in [0, 0.1) is 6.92 Å². The van der Waals surface area contributed by atoms with Gasteiger partial charge >= 0.3 is 0 Å². The van der Waals surface area contributed by atoms with Gasteiger partial charge in [-0.1, -0.05) is 29.8 Å². The van der Waals surface area contributed by atoms with Crippen molar-refractivity contribution in [2.45, 2.75) is 25.8 Å². The lowest BCUT2D eigenvalue weighted by Gasteiger charge is -2.12. The van der Waals surface area contributed by atoms with Crippen LogP contribution >= 0.6 is 0 Å². The normalized spacial score (nSPS) is 12.1. The second-order valence-corrected chi connectivity index (χ2v) is 4.72. The van der Waals surface area contributed by atoms with Crippen LogP contribution in [0.4, 0.5) is 0 Å². The summed E-state index contributed by atoms with van der Waals surface area (Å²) in [6.07, 6.45) is 3.02. The van der Waals surface area contributed by atoms with Crippen molar-refractivity contribution in [2.75, 3.05) is 6.54 Å². The smallest absolute Gasteiger partial charge is 0.241 e. The summed E-state index contributed by atoms with van der Waals surface area (Å²) in [5, 5.41) is 9.38. The van der Waals surface area contributed by atoms with Gasteiger partial charge in [0.25, 0.3) is 0 Å². The minimum absolute atomic E-state index is 0.161. The molecule has 1 aromatic heterocycles. The summed E-state index contributed by atoms with van der Waals surface area (Å²) in [4.78, 5) is 15.9. The molecule has 0 saturated carbocycles. The quantitative estimate of drug-likeness (QED) is 0.680. The number of nitrogens with two attached hydrogens (primary N) is 1. The molecule has 0 radical (unpaired) electrons. The van der Waals surface area contributed by atoms with Crippen molar-refractivity contribution in [3.8, 4) is 0 Å². The van der Waals surface area contributed by atoms with E-state index in [4.69, 9.17) is 5.73 Å². The molecule has 0 bridgehead atoms. The first kappa shape index (κ1) is 14.2. The van der Waals surface area contributed by atoms with Gasteiger partial charge in [0.05, 0.1) is 0 Å². The van der Waals surface area contributed by atoms with Crippen molar-refractivity contribution in [1.82, 2.24) is 20.5 Å². The fourth-order valence-corrected chi connectivity index (χ4v) is 1.85. The number of hydrogen-bond acceptors (Lipinski definition) is 4. The molecular formula is C14H19N5O. The molecule has 6 nitrogen and oxygen atoms in total. The van der Waals surface area contributed by atoms with E-state index >= 15 is 0 Å². The minimum Gasteiger partial charge on any atom is -0.354 e. The molecule has 0 aliphatic heterocycles. The van der Waals surface area contributed by atoms with Gasteiger partial charge < -0.3 is 11.1 Å². The third kappa shape index (κ3) is 3.89. The second kappa shape index (κ2) is 6.81. The topological polar surface area (TPSA) is 96.7 Å². The molecule has 1 aromatic carbocycles. The Kier molecular flexibility index (Phi) is 4.84. The number of nitrogens with zero attached hydrogens (tertiary/aromatic N) is 2. The van der Waals surface area contributed by atoms with Crippen molar-refractivity contribution in [3.63, 3.8) is 0 Å². The molecule has 2 rings (SSSR count). The number of benzene rings is 1. The van der Waals surface area contributed by atoms with E-state index in [9.17, 15) is 4.79 Å². The first-order chi connectivity index (χ1) is 9.66. The lowest BCUT2D eigenvalue weighted by molar-refractivity contribution is -0.122. The van der Waals surface area contributed by atoms with E-state index in [0.29, 0.717) is 6.54 Å². The number of H-pyrrole nitrogens is 1. The third-order valence-electron chi connectivity index (χ3n) is 3.07. The predicted octanol–water partition coefficient (Wildman–Crippen LogP) is 0.862. The van der Waals surface area contributed by atoms with Crippen LogP contribution in [-0.4, -0.2) is 27.6 Å². The number of amides is 1. The highest BCUT2D eigenvalue weighted by atomic mass is 16.2. The number of nitrogens with one attached hydrogen (secondary N) is 2. The summed E-state index contributed by atoms with van der Waals surface area (Å²) in [7, 11) is 0. The van der Waals surface area contributed by atoms with E-state index in [-0.39, 0.29) is 5.91 Å². The third-order valence-corrected chi connectivity index (χ3v) is 3.07. The molecule has 0 fully saturated rings. The van der Waals surface area contributed by atoms with Gasteiger partial charge in [0, 0.05) is 13.0 Å². The van der Waals surface area contributed by atoms with E-state index < -0.39 is 6.04 Å². The Morgan fingerprint density at radius 3 is 2.80 bits per heavy atom. The van der Waals surface area contributed by atoms with E-state index in [0.717, 1.165) is 29.8 Å². The number of aromatic amines is 1. The number of carbonyl (C=O) groups is 1. The maximum atomic E-state index is 11.9. The van der Waals surface area contributed by atoms with Gasteiger partial charge in [0.2, 0.25) is 5.91 Å². The molecule has 6 heteroatoms. The van der Waals surface area contributed by atoms with Crippen LogP contribution in [0.2, 0.25) is 0 Å². The van der Waals surface area contributed by atoms with Crippen LogP contribution in [0.25, 0.3) is 0 Å². The van der Waals surface area contributed by atoms with Crippen molar-refractivity contribution >= 4 is 5.91 Å². The Labute approximate surface area is 117 Å². The van der Waals surface area contributed by atoms with Gasteiger partial charge in [-0.25, -0.2) is 4.98 Å². The largest absolute Gasteiger partial charge is 0.354 e. The Hall–Kier alpha value is -2.21. The summed E-state index contributed by atoms with van der Waals surface area (Å²) < 4.78 is 0.